The first-order valence-electron chi connectivity index (χ1n) is 5.05. The number of sulfonamides is 1. The van der Waals surface area contributed by atoms with Crippen molar-refractivity contribution < 1.29 is 8.42 Å². The van der Waals surface area contributed by atoms with E-state index < -0.39 is 10.0 Å². The molecule has 4 nitrogen and oxygen atoms in total. The molecule has 0 saturated carbocycles. The summed E-state index contributed by atoms with van der Waals surface area (Å²) in [6, 6.07) is 8.46. The van der Waals surface area contributed by atoms with E-state index in [-0.39, 0.29) is 10.8 Å². The Morgan fingerprint density at radius 3 is 2.72 bits per heavy atom. The molecule has 0 unspecified atom stereocenters. The third kappa shape index (κ3) is 3.23. The summed E-state index contributed by atoms with van der Waals surface area (Å²) < 4.78 is 26.5. The van der Waals surface area contributed by atoms with Crippen molar-refractivity contribution in [1.29, 1.82) is 0 Å². The Morgan fingerprint density at radius 1 is 1.33 bits per heavy atom. The number of nitrogens with one attached hydrogen (secondary N) is 1. The van der Waals surface area contributed by atoms with E-state index in [1.165, 1.54) is 6.07 Å². The molecule has 0 radical (unpaired) electrons. The molecule has 0 fully saturated rings. The van der Waals surface area contributed by atoms with Gasteiger partial charge in [-0.3, -0.25) is 0 Å². The summed E-state index contributed by atoms with van der Waals surface area (Å²) in [5, 5.41) is 2.17. The zero-order valence-corrected chi connectivity index (χ0v) is 11.6. The summed E-state index contributed by atoms with van der Waals surface area (Å²) >= 11 is 6.92. The van der Waals surface area contributed by atoms with Crippen LogP contribution in [-0.2, 0) is 16.6 Å². The lowest BCUT2D eigenvalue weighted by atomic mass is 10.2. The van der Waals surface area contributed by atoms with Crippen LogP contribution in [-0.4, -0.2) is 8.42 Å². The monoisotopic (exact) mass is 302 g/mol. The molecular weight excluding hydrogens is 292 g/mol. The quantitative estimate of drug-likeness (QED) is 0.911. The highest BCUT2D eigenvalue weighted by Gasteiger charge is 2.15. The number of anilines is 1. The molecule has 0 aliphatic carbocycles. The third-order valence-corrected chi connectivity index (χ3v) is 5.31. The van der Waals surface area contributed by atoms with Crippen LogP contribution in [0.5, 0.6) is 0 Å². The number of halogens is 1. The highest BCUT2D eigenvalue weighted by atomic mass is 35.5. The summed E-state index contributed by atoms with van der Waals surface area (Å²) in [6.07, 6.45) is 0. The predicted octanol–water partition coefficient (Wildman–Crippen LogP) is 2.46. The van der Waals surface area contributed by atoms with Gasteiger partial charge in [-0.05, 0) is 23.8 Å². The van der Waals surface area contributed by atoms with Crippen molar-refractivity contribution in [3.63, 3.8) is 0 Å². The number of benzene rings is 1. The van der Waals surface area contributed by atoms with E-state index >= 15 is 0 Å². The Bertz CT molecular complexity index is 653. The van der Waals surface area contributed by atoms with Gasteiger partial charge in [0.15, 0.2) is 0 Å². The number of nitrogen functional groups attached to an aromatic ring is 1. The molecule has 3 N–H and O–H groups in total. The maximum atomic E-state index is 11.9. The van der Waals surface area contributed by atoms with Gasteiger partial charge in [0.25, 0.3) is 0 Å². The minimum atomic E-state index is -3.51. The van der Waals surface area contributed by atoms with Crippen molar-refractivity contribution in [1.82, 2.24) is 4.72 Å². The first kappa shape index (κ1) is 13.4. The molecule has 1 aromatic heterocycles. The average Bonchev–Trinajstić information content (AvgIpc) is 2.74. The van der Waals surface area contributed by atoms with Crippen molar-refractivity contribution >= 4 is 38.6 Å². The lowest BCUT2D eigenvalue weighted by Gasteiger charge is -2.05. The van der Waals surface area contributed by atoms with E-state index in [2.05, 4.69) is 4.72 Å². The zero-order chi connectivity index (χ0) is 13.2. The van der Waals surface area contributed by atoms with Crippen molar-refractivity contribution in [2.24, 2.45) is 0 Å². The molecule has 0 bridgehead atoms. The minimum absolute atomic E-state index is 0.195. The molecule has 0 aliphatic heterocycles. The standard InChI is InChI=1S/C11H11ClN2O2S2/c12-9-3-1-2-8(4-9)6-14-18(15,16)11-5-10(13)7-17-11/h1-5,7,14H,6,13H2. The molecular formula is C11H11ClN2O2S2. The first-order valence-corrected chi connectivity index (χ1v) is 7.79. The second-order valence-corrected chi connectivity index (χ2v) is 7.00. The van der Waals surface area contributed by atoms with Crippen LogP contribution in [0.4, 0.5) is 5.69 Å². The number of thiophene rings is 1. The van der Waals surface area contributed by atoms with Crippen molar-refractivity contribution in [2.45, 2.75) is 10.8 Å². The van der Waals surface area contributed by atoms with Gasteiger partial charge in [-0.1, -0.05) is 23.7 Å². The van der Waals surface area contributed by atoms with E-state index in [9.17, 15) is 8.42 Å². The Morgan fingerprint density at radius 2 is 2.11 bits per heavy atom. The molecule has 1 aromatic carbocycles. The highest BCUT2D eigenvalue weighted by molar-refractivity contribution is 7.91. The van der Waals surface area contributed by atoms with Crippen LogP contribution in [0, 0.1) is 0 Å². The fraction of sp³-hybridized carbons (Fsp3) is 0.0909. The number of hydrogen-bond donors (Lipinski definition) is 2. The summed E-state index contributed by atoms with van der Waals surface area (Å²) in [6.45, 7) is 0.195. The Kier molecular flexibility index (Phi) is 3.91. The van der Waals surface area contributed by atoms with Crippen LogP contribution < -0.4 is 10.5 Å². The normalized spacial score (nSPS) is 11.6. The third-order valence-electron chi connectivity index (χ3n) is 2.22. The maximum absolute atomic E-state index is 11.9. The number of rotatable bonds is 4. The van der Waals surface area contributed by atoms with Gasteiger partial charge in [0, 0.05) is 22.6 Å². The van der Waals surface area contributed by atoms with E-state index in [0.29, 0.717) is 10.7 Å². The van der Waals surface area contributed by atoms with Crippen molar-refractivity contribution in [3.8, 4) is 0 Å². The van der Waals surface area contributed by atoms with Crippen LogP contribution in [0.25, 0.3) is 0 Å². The highest BCUT2D eigenvalue weighted by Crippen LogP contribution is 2.21. The van der Waals surface area contributed by atoms with Gasteiger partial charge in [-0.2, -0.15) is 0 Å². The molecule has 2 aromatic rings. The van der Waals surface area contributed by atoms with Gasteiger partial charge in [0.1, 0.15) is 4.21 Å². The first-order chi connectivity index (χ1) is 8.47. The molecule has 0 spiro atoms. The minimum Gasteiger partial charge on any atom is -0.398 e. The molecule has 7 heteroatoms. The summed E-state index contributed by atoms with van der Waals surface area (Å²) in [7, 11) is -3.51. The van der Waals surface area contributed by atoms with Crippen LogP contribution in [0.3, 0.4) is 0 Å². The Hall–Kier alpha value is -1.08. The summed E-state index contributed by atoms with van der Waals surface area (Å²) in [4.78, 5) is 0. The molecule has 0 atom stereocenters. The van der Waals surface area contributed by atoms with Crippen LogP contribution in [0.2, 0.25) is 5.02 Å². The van der Waals surface area contributed by atoms with E-state index in [1.807, 2.05) is 0 Å². The van der Waals surface area contributed by atoms with Gasteiger partial charge in [0.2, 0.25) is 10.0 Å². The second-order valence-electron chi connectivity index (χ2n) is 3.65. The van der Waals surface area contributed by atoms with E-state index in [0.717, 1.165) is 16.9 Å². The van der Waals surface area contributed by atoms with Gasteiger partial charge in [-0.25, -0.2) is 13.1 Å². The second kappa shape index (κ2) is 5.27. The fourth-order valence-electron chi connectivity index (χ4n) is 1.37. The number of hydrogen-bond acceptors (Lipinski definition) is 4. The lowest BCUT2D eigenvalue weighted by Crippen LogP contribution is -2.22. The van der Waals surface area contributed by atoms with Crippen LogP contribution >= 0.6 is 22.9 Å². The summed E-state index contributed by atoms with van der Waals surface area (Å²) in [5.74, 6) is 0. The Labute approximate surface area is 114 Å². The average molecular weight is 303 g/mol. The van der Waals surface area contributed by atoms with Crippen LogP contribution in [0.15, 0.2) is 39.9 Å². The molecule has 0 amide bonds. The number of nitrogens with two attached hydrogens (primary N) is 1. The Balaban J connectivity index is 2.10. The van der Waals surface area contributed by atoms with Crippen molar-refractivity contribution in [3.05, 3.63) is 46.3 Å². The van der Waals surface area contributed by atoms with E-state index in [4.69, 9.17) is 17.3 Å². The molecule has 1 heterocycles. The largest absolute Gasteiger partial charge is 0.398 e. The summed E-state index contributed by atoms with van der Waals surface area (Å²) in [5.41, 5.74) is 6.75. The van der Waals surface area contributed by atoms with Gasteiger partial charge in [0.05, 0.1) is 0 Å². The van der Waals surface area contributed by atoms with Gasteiger partial charge in [-0.15, -0.1) is 11.3 Å². The molecule has 96 valence electrons. The molecule has 2 rings (SSSR count). The van der Waals surface area contributed by atoms with E-state index in [1.54, 1.807) is 29.6 Å². The van der Waals surface area contributed by atoms with Crippen LogP contribution in [0.1, 0.15) is 5.56 Å². The predicted molar refractivity (Wildman–Crippen MR) is 74.2 cm³/mol. The molecule has 18 heavy (non-hydrogen) atoms. The van der Waals surface area contributed by atoms with Gasteiger partial charge < -0.3 is 5.73 Å². The fourth-order valence-corrected chi connectivity index (χ4v) is 3.72. The topological polar surface area (TPSA) is 72.2 Å². The maximum Gasteiger partial charge on any atom is 0.250 e. The molecule has 0 aliphatic rings. The molecule has 0 saturated heterocycles. The lowest BCUT2D eigenvalue weighted by molar-refractivity contribution is 0.583. The zero-order valence-electron chi connectivity index (χ0n) is 9.26. The van der Waals surface area contributed by atoms with Gasteiger partial charge >= 0.3 is 0 Å². The SMILES string of the molecule is Nc1csc(S(=O)(=O)NCc2cccc(Cl)c2)c1. The van der Waals surface area contributed by atoms with Crippen molar-refractivity contribution in [2.75, 3.05) is 5.73 Å². The smallest absolute Gasteiger partial charge is 0.250 e.